The number of amides is 1. The van der Waals surface area contributed by atoms with Crippen molar-refractivity contribution < 1.29 is 4.79 Å². The first-order chi connectivity index (χ1) is 7.56. The first-order valence-electron chi connectivity index (χ1n) is 4.59. The van der Waals surface area contributed by atoms with E-state index in [9.17, 15) is 4.79 Å². The van der Waals surface area contributed by atoms with Crippen molar-refractivity contribution in [2.75, 3.05) is 5.32 Å². The number of hydrogen-bond donors (Lipinski definition) is 2. The highest BCUT2D eigenvalue weighted by Crippen LogP contribution is 2.23. The van der Waals surface area contributed by atoms with Gasteiger partial charge in [-0.2, -0.15) is 0 Å². The summed E-state index contributed by atoms with van der Waals surface area (Å²) >= 11 is 7.03. The molecule has 84 valence electrons. The van der Waals surface area contributed by atoms with Crippen molar-refractivity contribution >= 4 is 46.3 Å². The molecule has 1 amide bonds. The van der Waals surface area contributed by atoms with Gasteiger partial charge in [0, 0.05) is 15.2 Å². The molecule has 0 saturated carbocycles. The molecule has 0 fully saturated rings. The molecule has 2 rings (SSSR count). The lowest BCUT2D eigenvalue weighted by atomic mass is 10.4. The number of thiophene rings is 1. The fraction of sp³-hybridized carbons (Fsp3) is 0.200. The zero-order valence-electron chi connectivity index (χ0n) is 8.77. The predicted molar refractivity (Wildman–Crippen MR) is 71.1 cm³/mol. The van der Waals surface area contributed by atoms with Gasteiger partial charge in [-0.1, -0.05) is 0 Å². The first kappa shape index (κ1) is 11.6. The molecule has 0 saturated heterocycles. The second-order valence-electron chi connectivity index (χ2n) is 3.28. The molecule has 1 N–H and O–H groups in total. The monoisotopic (exact) mass is 270 g/mol. The highest BCUT2D eigenvalue weighted by molar-refractivity contribution is 7.80. The van der Waals surface area contributed by atoms with Crippen molar-refractivity contribution in [3.63, 3.8) is 0 Å². The van der Waals surface area contributed by atoms with Crippen LogP contribution >= 0.6 is 35.3 Å². The largest absolute Gasteiger partial charge is 0.297 e. The molecule has 2 heterocycles. The molecule has 0 atom stereocenters. The molecule has 2 aromatic heterocycles. The Morgan fingerprint density at radius 2 is 2.25 bits per heavy atom. The van der Waals surface area contributed by atoms with Crippen LogP contribution in [0.1, 0.15) is 20.2 Å². The predicted octanol–water partition coefficient (Wildman–Crippen LogP) is 3.36. The molecule has 0 bridgehead atoms. The van der Waals surface area contributed by atoms with Gasteiger partial charge >= 0.3 is 0 Å². The van der Waals surface area contributed by atoms with E-state index in [1.54, 1.807) is 6.07 Å². The minimum absolute atomic E-state index is 0.126. The molecule has 0 radical (unpaired) electrons. The van der Waals surface area contributed by atoms with Crippen LogP contribution in [0.2, 0.25) is 0 Å². The van der Waals surface area contributed by atoms with Crippen molar-refractivity contribution in [3.8, 4) is 0 Å². The van der Waals surface area contributed by atoms with E-state index in [1.165, 1.54) is 22.7 Å². The third kappa shape index (κ3) is 2.45. The number of nitrogens with zero attached hydrogens (tertiary/aromatic N) is 1. The van der Waals surface area contributed by atoms with Crippen LogP contribution in [-0.2, 0) is 0 Å². The molecule has 16 heavy (non-hydrogen) atoms. The van der Waals surface area contributed by atoms with Crippen LogP contribution in [0.3, 0.4) is 0 Å². The van der Waals surface area contributed by atoms with Gasteiger partial charge < -0.3 is 0 Å². The van der Waals surface area contributed by atoms with E-state index >= 15 is 0 Å². The lowest BCUT2D eigenvalue weighted by Crippen LogP contribution is -2.09. The van der Waals surface area contributed by atoms with Crippen LogP contribution in [0, 0.1) is 13.8 Å². The van der Waals surface area contributed by atoms with Crippen LogP contribution in [0.5, 0.6) is 0 Å². The van der Waals surface area contributed by atoms with Gasteiger partial charge in [0.1, 0.15) is 0 Å². The van der Waals surface area contributed by atoms with E-state index < -0.39 is 0 Å². The Bertz CT molecular complexity index is 510. The minimum atomic E-state index is -0.126. The molecule has 0 spiro atoms. The van der Waals surface area contributed by atoms with Gasteiger partial charge in [-0.3, -0.25) is 10.1 Å². The minimum Gasteiger partial charge on any atom is -0.297 e. The summed E-state index contributed by atoms with van der Waals surface area (Å²) in [5.41, 5.74) is 0.960. The zero-order valence-corrected chi connectivity index (χ0v) is 11.3. The van der Waals surface area contributed by atoms with E-state index in [0.717, 1.165) is 15.5 Å². The average molecular weight is 270 g/mol. The van der Waals surface area contributed by atoms with Crippen molar-refractivity contribution in [1.82, 2.24) is 4.98 Å². The fourth-order valence-corrected chi connectivity index (χ4v) is 2.98. The number of aryl methyl sites for hydroxylation is 2. The molecular formula is C10H10N2OS3. The van der Waals surface area contributed by atoms with Gasteiger partial charge in [0.05, 0.1) is 10.6 Å². The Hall–Kier alpha value is -0.850. The average Bonchev–Trinajstić information content (AvgIpc) is 2.75. The summed E-state index contributed by atoms with van der Waals surface area (Å²) in [7, 11) is 0. The van der Waals surface area contributed by atoms with E-state index in [2.05, 4.69) is 22.9 Å². The summed E-state index contributed by atoms with van der Waals surface area (Å²) in [5.74, 6) is -0.126. The molecule has 3 nitrogen and oxygen atoms in total. The van der Waals surface area contributed by atoms with Crippen LogP contribution in [-0.4, -0.2) is 10.9 Å². The molecular weight excluding hydrogens is 260 g/mol. The highest BCUT2D eigenvalue weighted by atomic mass is 32.1. The van der Waals surface area contributed by atoms with Crippen LogP contribution in [0.15, 0.2) is 16.3 Å². The number of thiol groups is 1. The van der Waals surface area contributed by atoms with E-state index in [0.29, 0.717) is 10.0 Å². The molecule has 0 aliphatic carbocycles. The summed E-state index contributed by atoms with van der Waals surface area (Å²) in [6.45, 7) is 3.91. The molecule has 0 aliphatic heterocycles. The maximum Gasteiger partial charge on any atom is 0.267 e. The third-order valence-corrected chi connectivity index (χ3v) is 4.41. The normalized spacial score (nSPS) is 10.4. The van der Waals surface area contributed by atoms with Crippen LogP contribution in [0.25, 0.3) is 0 Å². The van der Waals surface area contributed by atoms with Crippen molar-refractivity contribution in [2.45, 2.75) is 18.7 Å². The Morgan fingerprint density at radius 1 is 1.50 bits per heavy atom. The number of nitrogens with one attached hydrogen (secondary N) is 1. The standard InChI is InChI=1S/C10H10N2OS3/c1-5-6(2)16-10(11-5)12-9(13)8-3-7(14)4-15-8/h3-4,14H,1-2H3,(H,11,12,13). The van der Waals surface area contributed by atoms with E-state index in [-0.39, 0.29) is 5.91 Å². The summed E-state index contributed by atoms with van der Waals surface area (Å²) in [6, 6.07) is 1.75. The number of rotatable bonds is 2. The SMILES string of the molecule is Cc1nc(NC(=O)c2cc(S)cs2)sc1C. The lowest BCUT2D eigenvalue weighted by Gasteiger charge is -1.97. The van der Waals surface area contributed by atoms with Crippen molar-refractivity contribution in [3.05, 3.63) is 26.9 Å². The van der Waals surface area contributed by atoms with Gasteiger partial charge in [0.25, 0.3) is 5.91 Å². The van der Waals surface area contributed by atoms with E-state index in [1.807, 2.05) is 19.2 Å². The Balaban J connectivity index is 2.13. The summed E-state index contributed by atoms with van der Waals surface area (Å²) in [5, 5.41) is 5.26. The Labute approximate surface area is 107 Å². The number of anilines is 1. The van der Waals surface area contributed by atoms with Crippen LogP contribution in [0.4, 0.5) is 5.13 Å². The fourth-order valence-electron chi connectivity index (χ4n) is 1.13. The van der Waals surface area contributed by atoms with Gasteiger partial charge in [0.2, 0.25) is 0 Å². The molecule has 0 aromatic carbocycles. The summed E-state index contributed by atoms with van der Waals surface area (Å²) < 4.78 is 0. The third-order valence-electron chi connectivity index (χ3n) is 2.06. The highest BCUT2D eigenvalue weighted by Gasteiger charge is 2.11. The number of aromatic nitrogens is 1. The maximum absolute atomic E-state index is 11.8. The first-order valence-corrected chi connectivity index (χ1v) is 6.73. The van der Waals surface area contributed by atoms with Gasteiger partial charge in [-0.05, 0) is 19.9 Å². The smallest absolute Gasteiger partial charge is 0.267 e. The maximum atomic E-state index is 11.8. The topological polar surface area (TPSA) is 42.0 Å². The van der Waals surface area contributed by atoms with Gasteiger partial charge in [-0.25, -0.2) is 4.98 Å². The molecule has 0 aliphatic rings. The summed E-state index contributed by atoms with van der Waals surface area (Å²) in [4.78, 5) is 18.6. The lowest BCUT2D eigenvalue weighted by molar-refractivity contribution is 0.103. The summed E-state index contributed by atoms with van der Waals surface area (Å²) in [6.07, 6.45) is 0. The molecule has 2 aromatic rings. The molecule has 6 heteroatoms. The Morgan fingerprint density at radius 3 is 2.75 bits per heavy atom. The number of thiazole rings is 1. The second kappa shape index (κ2) is 4.57. The van der Waals surface area contributed by atoms with E-state index in [4.69, 9.17) is 0 Å². The van der Waals surface area contributed by atoms with Crippen molar-refractivity contribution in [2.24, 2.45) is 0 Å². The van der Waals surface area contributed by atoms with Crippen molar-refractivity contribution in [1.29, 1.82) is 0 Å². The Kier molecular flexibility index (Phi) is 3.32. The number of carbonyl (C=O) groups excluding carboxylic acids is 1. The van der Waals surface area contributed by atoms with Gasteiger partial charge in [0.15, 0.2) is 5.13 Å². The quantitative estimate of drug-likeness (QED) is 0.822. The number of carbonyl (C=O) groups is 1. The van der Waals surface area contributed by atoms with Gasteiger partial charge in [-0.15, -0.1) is 35.3 Å². The number of hydrogen-bond acceptors (Lipinski definition) is 5. The van der Waals surface area contributed by atoms with Crippen LogP contribution < -0.4 is 5.32 Å². The zero-order chi connectivity index (χ0) is 11.7. The second-order valence-corrected chi connectivity index (χ2v) is 5.91. The molecule has 0 unspecified atom stereocenters.